The zero-order valence-corrected chi connectivity index (χ0v) is 26.3. The van der Waals surface area contributed by atoms with Crippen LogP contribution < -0.4 is 0 Å². The predicted octanol–water partition coefficient (Wildman–Crippen LogP) is 1.51. The van der Waals surface area contributed by atoms with Crippen LogP contribution >= 0.6 is 0 Å². The molecule has 3 saturated heterocycles. The Kier molecular flexibility index (Phi) is 12.6. The van der Waals surface area contributed by atoms with E-state index in [1.165, 1.54) is 20.1 Å². The van der Waals surface area contributed by atoms with Gasteiger partial charge in [0.15, 0.2) is 37.2 Å². The maximum Gasteiger partial charge on any atom is 0.303 e. The highest BCUT2D eigenvalue weighted by molar-refractivity contribution is 5.68. The van der Waals surface area contributed by atoms with Gasteiger partial charge in [-0.2, -0.15) is 0 Å². The van der Waals surface area contributed by atoms with Gasteiger partial charge in [0.25, 0.3) is 0 Å². The van der Waals surface area contributed by atoms with Crippen molar-refractivity contribution in [2.45, 2.75) is 95.4 Å². The Morgan fingerprint density at radius 2 is 1.46 bits per heavy atom. The van der Waals surface area contributed by atoms with Gasteiger partial charge in [0.2, 0.25) is 0 Å². The first kappa shape index (κ1) is 35.4. The molecule has 0 bridgehead atoms. The van der Waals surface area contributed by atoms with Crippen LogP contribution in [0.2, 0.25) is 0 Å². The van der Waals surface area contributed by atoms with Crippen LogP contribution in [0.25, 0.3) is 0 Å². The first-order valence-electron chi connectivity index (χ1n) is 14.7. The van der Waals surface area contributed by atoms with Crippen LogP contribution in [0.15, 0.2) is 43.0 Å². The zero-order chi connectivity index (χ0) is 33.4. The van der Waals surface area contributed by atoms with Gasteiger partial charge in [-0.15, -0.1) is 6.58 Å². The average Bonchev–Trinajstić information content (AvgIpc) is 3.01. The third-order valence-corrected chi connectivity index (χ3v) is 7.23. The fourth-order valence-corrected chi connectivity index (χ4v) is 5.48. The van der Waals surface area contributed by atoms with Gasteiger partial charge in [-0.1, -0.05) is 36.4 Å². The first-order valence-corrected chi connectivity index (χ1v) is 14.7. The second-order valence-electron chi connectivity index (χ2n) is 10.7. The van der Waals surface area contributed by atoms with Gasteiger partial charge in [0.1, 0.15) is 37.1 Å². The number of methoxy groups -OCH3 is 1. The summed E-state index contributed by atoms with van der Waals surface area (Å²) < 4.78 is 64.7. The van der Waals surface area contributed by atoms with Crippen LogP contribution in [0.5, 0.6) is 0 Å². The summed E-state index contributed by atoms with van der Waals surface area (Å²) in [6.45, 7) is 8.05. The van der Waals surface area contributed by atoms with E-state index in [4.69, 9.17) is 52.1 Å². The van der Waals surface area contributed by atoms with Gasteiger partial charge in [-0.05, 0) is 0 Å². The van der Waals surface area contributed by atoms with Crippen LogP contribution in [0.4, 0.5) is 0 Å². The van der Waals surface area contributed by atoms with Gasteiger partial charge >= 0.3 is 23.9 Å². The van der Waals surface area contributed by atoms with E-state index in [0.29, 0.717) is 0 Å². The van der Waals surface area contributed by atoms with E-state index in [1.807, 2.05) is 30.3 Å². The fourth-order valence-electron chi connectivity index (χ4n) is 5.48. The summed E-state index contributed by atoms with van der Waals surface area (Å²) >= 11 is 0. The minimum atomic E-state index is -1.50. The molecule has 7 unspecified atom stereocenters. The summed E-state index contributed by atoms with van der Waals surface area (Å²) in [5, 5.41) is 0. The summed E-state index contributed by atoms with van der Waals surface area (Å²) in [6.07, 6.45) is -10.8. The molecule has 0 radical (unpaired) electrons. The number of carbonyl (C=O) groups is 4. The van der Waals surface area contributed by atoms with Gasteiger partial charge in [0, 0.05) is 40.4 Å². The lowest BCUT2D eigenvalue weighted by molar-refractivity contribution is -0.393. The van der Waals surface area contributed by atoms with Crippen LogP contribution in [-0.4, -0.2) is 112 Å². The molecule has 0 saturated carbocycles. The molecule has 254 valence electrons. The largest absolute Gasteiger partial charge is 0.463 e. The minimum absolute atomic E-state index is 0.0717. The molecule has 15 heteroatoms. The topological polar surface area (TPSA) is 170 Å². The molecule has 3 aliphatic heterocycles. The quantitative estimate of drug-likeness (QED) is 0.181. The Bertz CT molecular complexity index is 1210. The molecule has 1 aromatic rings. The third kappa shape index (κ3) is 8.88. The molecule has 0 aromatic heterocycles. The Morgan fingerprint density at radius 3 is 2.07 bits per heavy atom. The van der Waals surface area contributed by atoms with Crippen molar-refractivity contribution in [3.05, 3.63) is 48.6 Å². The number of carbonyl (C=O) groups excluding carboxylic acids is 4. The second-order valence-corrected chi connectivity index (χ2v) is 10.7. The molecule has 3 heterocycles. The molecule has 3 fully saturated rings. The summed E-state index contributed by atoms with van der Waals surface area (Å²) in [7, 11) is 1.43. The van der Waals surface area contributed by atoms with Crippen LogP contribution in [0.1, 0.15) is 39.5 Å². The van der Waals surface area contributed by atoms with E-state index in [9.17, 15) is 19.2 Å². The van der Waals surface area contributed by atoms with Crippen molar-refractivity contribution in [1.29, 1.82) is 0 Å². The van der Waals surface area contributed by atoms with E-state index in [0.717, 1.165) is 26.3 Å². The summed E-state index contributed by atoms with van der Waals surface area (Å²) in [5.74, 6) is -2.95. The van der Waals surface area contributed by atoms with Crippen molar-refractivity contribution < 1.29 is 71.3 Å². The standard InChI is InChI=1S/C31H40O15/c1-7-13-37-27-25(24-22(43-30(27)36-6)15-39-29(45-24)20-11-9-8-10-12-20)46-31-28(42-19(5)35)26(41-18(4)34)23(40-17(3)33)21(44-31)14-38-16(2)32/h7-12,21-31H,1,13-15H2,2-6H3/t21?,22?,23-,24-,25?,26?,27?,28?,29?,30+,31-/m1/s1. The van der Waals surface area contributed by atoms with Crippen molar-refractivity contribution >= 4 is 23.9 Å². The number of fused-ring (bicyclic) bond motifs is 1. The maximum atomic E-state index is 12.4. The van der Waals surface area contributed by atoms with Crippen LogP contribution in [0.3, 0.4) is 0 Å². The van der Waals surface area contributed by atoms with Crippen molar-refractivity contribution in [3.8, 4) is 0 Å². The average molecular weight is 653 g/mol. The number of hydrogen-bond donors (Lipinski definition) is 0. The number of hydrogen-bond acceptors (Lipinski definition) is 15. The van der Waals surface area contributed by atoms with Gasteiger partial charge in [-0.3, -0.25) is 19.2 Å². The molecule has 0 amide bonds. The van der Waals surface area contributed by atoms with Crippen LogP contribution in [-0.2, 0) is 71.3 Å². The molecule has 11 atom stereocenters. The lowest BCUT2D eigenvalue weighted by Gasteiger charge is -2.51. The first-order chi connectivity index (χ1) is 22.0. The smallest absolute Gasteiger partial charge is 0.303 e. The maximum absolute atomic E-state index is 12.4. The fraction of sp³-hybridized carbons (Fsp3) is 0.613. The summed E-state index contributed by atoms with van der Waals surface area (Å²) in [4.78, 5) is 48.5. The normalized spacial score (nSPS) is 34.0. The zero-order valence-electron chi connectivity index (χ0n) is 26.3. The van der Waals surface area contributed by atoms with E-state index in [2.05, 4.69) is 6.58 Å². The lowest BCUT2D eigenvalue weighted by atomic mass is 9.95. The molecule has 3 aliphatic rings. The number of ether oxygens (including phenoxy) is 11. The van der Waals surface area contributed by atoms with E-state index >= 15 is 0 Å². The van der Waals surface area contributed by atoms with E-state index < -0.39 is 98.2 Å². The Labute approximate surface area is 266 Å². The highest BCUT2D eigenvalue weighted by atomic mass is 16.8. The molecule has 0 spiro atoms. The van der Waals surface area contributed by atoms with Gasteiger partial charge < -0.3 is 52.1 Å². The molecule has 0 aliphatic carbocycles. The van der Waals surface area contributed by atoms with Gasteiger partial charge in [-0.25, -0.2) is 0 Å². The lowest BCUT2D eigenvalue weighted by Crippen LogP contribution is -2.67. The molecule has 46 heavy (non-hydrogen) atoms. The number of esters is 4. The summed E-state index contributed by atoms with van der Waals surface area (Å²) in [6, 6.07) is 9.22. The minimum Gasteiger partial charge on any atom is -0.463 e. The molecular formula is C31H40O15. The monoisotopic (exact) mass is 652 g/mol. The highest BCUT2D eigenvalue weighted by Gasteiger charge is 2.57. The summed E-state index contributed by atoms with van der Waals surface area (Å²) in [5.41, 5.74) is 0.740. The van der Waals surface area contributed by atoms with E-state index in [1.54, 1.807) is 0 Å². The van der Waals surface area contributed by atoms with Gasteiger partial charge in [0.05, 0.1) is 13.2 Å². The molecule has 15 nitrogen and oxygen atoms in total. The highest BCUT2D eigenvalue weighted by Crippen LogP contribution is 2.39. The van der Waals surface area contributed by atoms with Crippen molar-refractivity contribution in [2.24, 2.45) is 0 Å². The Morgan fingerprint density at radius 1 is 0.804 bits per heavy atom. The Balaban J connectivity index is 1.75. The third-order valence-electron chi connectivity index (χ3n) is 7.23. The van der Waals surface area contributed by atoms with Crippen molar-refractivity contribution in [2.75, 3.05) is 26.9 Å². The molecule has 0 N–H and O–H groups in total. The van der Waals surface area contributed by atoms with Crippen molar-refractivity contribution in [1.82, 2.24) is 0 Å². The Hall–Kier alpha value is -3.44. The molecular weight excluding hydrogens is 612 g/mol. The van der Waals surface area contributed by atoms with Crippen LogP contribution in [0, 0.1) is 0 Å². The SMILES string of the molecule is C=CCOC1C(O[C@H]2OC(COC(C)=O)[C@@H](OC(C)=O)C(OC(C)=O)C2OC(C)=O)[C@@H]2OC(c3ccccc3)OCC2O[C@@H]1OC. The molecule has 1 aromatic carbocycles. The number of benzene rings is 1. The van der Waals surface area contributed by atoms with Crippen molar-refractivity contribution in [3.63, 3.8) is 0 Å². The second kappa shape index (κ2) is 16.4. The number of rotatable bonds is 12. The van der Waals surface area contributed by atoms with E-state index in [-0.39, 0.29) is 13.2 Å². The molecule has 4 rings (SSSR count). The predicted molar refractivity (Wildman–Crippen MR) is 152 cm³/mol.